The van der Waals surface area contributed by atoms with E-state index < -0.39 is 19.3 Å². The zero-order valence-electron chi connectivity index (χ0n) is 5.78. The highest BCUT2D eigenvalue weighted by Gasteiger charge is 2.04. The molecule has 1 aromatic carbocycles. The molecule has 56 valence electrons. The van der Waals surface area contributed by atoms with Gasteiger partial charge in [0.1, 0.15) is 0 Å². The van der Waals surface area contributed by atoms with Crippen molar-refractivity contribution in [2.24, 2.45) is 0 Å². The first-order valence-electron chi connectivity index (χ1n) is 3.24. The molecule has 11 heavy (non-hydrogen) atoms. The van der Waals surface area contributed by atoms with E-state index >= 15 is 0 Å². The fraction of sp³-hybridized carbons (Fsp3) is 0.143. The van der Waals surface area contributed by atoms with Crippen LogP contribution < -0.4 is 0 Å². The maximum absolute atomic E-state index is 5.89. The van der Waals surface area contributed by atoms with Gasteiger partial charge < -0.3 is 9.07 Å². The van der Waals surface area contributed by atoms with Crippen LogP contribution in [-0.4, -0.2) is 19.3 Å². The molecule has 0 aliphatic rings. The molecule has 0 atom stereocenters. The van der Waals surface area contributed by atoms with Gasteiger partial charge in [-0.25, -0.2) is 0 Å². The molecular formula is C7H5Cl3Mg. The molecule has 0 spiro atoms. The first-order valence-corrected chi connectivity index (χ1v) is 7.14. The molecule has 1 aromatic rings. The van der Waals surface area contributed by atoms with Crippen LogP contribution in [0.25, 0.3) is 0 Å². The van der Waals surface area contributed by atoms with E-state index in [9.17, 15) is 0 Å². The maximum Gasteiger partial charge on any atom is 0.505 e. The third-order valence-electron chi connectivity index (χ3n) is 1.41. The lowest BCUT2D eigenvalue weighted by atomic mass is 10.2. The summed E-state index contributed by atoms with van der Waals surface area (Å²) >= 11 is 11.3. The Morgan fingerprint density at radius 1 is 1.18 bits per heavy atom. The topological polar surface area (TPSA) is 0 Å². The minimum absolute atomic E-state index is 0.524. The van der Waals surface area contributed by atoms with E-state index in [4.69, 9.17) is 32.3 Å². The van der Waals surface area contributed by atoms with Crippen molar-refractivity contribution in [3.63, 3.8) is 0 Å². The molecule has 0 saturated carbocycles. The van der Waals surface area contributed by atoms with Crippen molar-refractivity contribution in [3.8, 4) is 0 Å². The van der Waals surface area contributed by atoms with E-state index in [0.29, 0.717) is 0 Å². The van der Waals surface area contributed by atoms with Gasteiger partial charge in [-0.05, 0) is 17.7 Å². The van der Waals surface area contributed by atoms with Gasteiger partial charge in [0, 0.05) is 10.0 Å². The second kappa shape index (κ2) is 4.78. The number of rotatable bonds is 2. The van der Waals surface area contributed by atoms with E-state index in [0.717, 1.165) is 20.2 Å². The fourth-order valence-electron chi connectivity index (χ4n) is 0.866. The van der Waals surface area contributed by atoms with E-state index in [2.05, 4.69) is 0 Å². The van der Waals surface area contributed by atoms with Crippen LogP contribution in [0, 0.1) is 0 Å². The zero-order valence-corrected chi connectivity index (χ0v) is 9.46. The summed E-state index contributed by atoms with van der Waals surface area (Å²) in [5, 5.41) is 1.45. The normalized spacial score (nSPS) is 9.36. The molecule has 4 heteroatoms. The highest BCUT2D eigenvalue weighted by molar-refractivity contribution is 6.93. The van der Waals surface area contributed by atoms with Crippen molar-refractivity contribution in [2.75, 3.05) is 0 Å². The van der Waals surface area contributed by atoms with Gasteiger partial charge in [0.2, 0.25) is 0 Å². The standard InChI is InChI=1S/C7H5Cl2.ClH.Mg/c1-5-6(8)3-2-4-7(5)9;;/h2-4H,1H2;1H;/q;;+1/p-1. The quantitative estimate of drug-likeness (QED) is 0.670. The minimum Gasteiger partial charge on any atom is -0.345 e. The van der Waals surface area contributed by atoms with Crippen LogP contribution in [0.5, 0.6) is 0 Å². The van der Waals surface area contributed by atoms with E-state index in [1.807, 2.05) is 18.2 Å². The van der Waals surface area contributed by atoms with Gasteiger partial charge in [0.05, 0.1) is 0 Å². The van der Waals surface area contributed by atoms with E-state index in [1.165, 1.54) is 0 Å². The van der Waals surface area contributed by atoms with Gasteiger partial charge in [0.25, 0.3) is 0 Å². The van der Waals surface area contributed by atoms with Crippen molar-refractivity contribution in [3.05, 3.63) is 33.8 Å². The zero-order chi connectivity index (χ0) is 8.27. The SMILES string of the molecule is [Cl][Mg][CH2]c1c(Cl)cccc1Cl. The van der Waals surface area contributed by atoms with Crippen molar-refractivity contribution in [1.29, 1.82) is 0 Å². The Bertz CT molecular complexity index is 229. The minimum atomic E-state index is -0.524. The van der Waals surface area contributed by atoms with Crippen molar-refractivity contribution < 1.29 is 0 Å². The summed E-state index contributed by atoms with van der Waals surface area (Å²) in [5.74, 6) is 0. The van der Waals surface area contributed by atoms with Crippen molar-refractivity contribution in [2.45, 2.75) is 4.55 Å². The summed E-state index contributed by atoms with van der Waals surface area (Å²) in [5.41, 5.74) is 0.998. The Balaban J connectivity index is 3.00. The van der Waals surface area contributed by atoms with Crippen LogP contribution in [0.15, 0.2) is 18.2 Å². The molecule has 1 rings (SSSR count). The summed E-state index contributed by atoms with van der Waals surface area (Å²) in [6.45, 7) is 0. The second-order valence-corrected chi connectivity index (χ2v) is 4.97. The van der Waals surface area contributed by atoms with Gasteiger partial charge in [-0.2, -0.15) is 0 Å². The van der Waals surface area contributed by atoms with Crippen LogP contribution >= 0.6 is 32.3 Å². The third kappa shape index (κ3) is 2.67. The second-order valence-electron chi connectivity index (χ2n) is 2.14. The lowest BCUT2D eigenvalue weighted by Gasteiger charge is -2.02. The molecule has 0 aromatic heterocycles. The molecule has 0 aliphatic carbocycles. The molecule has 0 saturated heterocycles. The molecule has 0 N–H and O–H groups in total. The smallest absolute Gasteiger partial charge is 0.345 e. The Hall–Kier alpha value is 0.856. The predicted octanol–water partition coefficient (Wildman–Crippen LogP) is 3.35. The predicted molar refractivity (Wildman–Crippen MR) is 51.8 cm³/mol. The van der Waals surface area contributed by atoms with Gasteiger partial charge in [-0.3, -0.25) is 0 Å². The van der Waals surface area contributed by atoms with Crippen molar-refractivity contribution in [1.82, 2.24) is 0 Å². The Morgan fingerprint density at radius 2 is 1.73 bits per heavy atom. The van der Waals surface area contributed by atoms with Crippen molar-refractivity contribution >= 4 is 51.5 Å². The molecule has 0 fully saturated rings. The lowest BCUT2D eigenvalue weighted by molar-refractivity contribution is 1.40. The summed E-state index contributed by atoms with van der Waals surface area (Å²) in [6, 6.07) is 5.51. The van der Waals surface area contributed by atoms with Crippen LogP contribution in [0.2, 0.25) is 10.0 Å². The molecule has 0 nitrogen and oxygen atoms in total. The first kappa shape index (κ1) is 9.94. The van der Waals surface area contributed by atoms with E-state index in [-0.39, 0.29) is 0 Å². The Morgan fingerprint density at radius 3 is 2.18 bits per heavy atom. The summed E-state index contributed by atoms with van der Waals surface area (Å²) in [4.78, 5) is 0. The first-order chi connectivity index (χ1) is 5.25. The van der Waals surface area contributed by atoms with Crippen LogP contribution in [0.4, 0.5) is 0 Å². The molecule has 0 radical (unpaired) electrons. The van der Waals surface area contributed by atoms with Gasteiger partial charge >= 0.3 is 19.3 Å². The molecule has 0 amide bonds. The molecule has 0 bridgehead atoms. The average Bonchev–Trinajstić information content (AvgIpc) is 1.97. The summed E-state index contributed by atoms with van der Waals surface area (Å²) < 4.78 is 0.861. The number of hydrogen-bond acceptors (Lipinski definition) is 0. The summed E-state index contributed by atoms with van der Waals surface area (Å²) in [6.07, 6.45) is 0. The van der Waals surface area contributed by atoms with Crippen LogP contribution in [-0.2, 0) is 4.55 Å². The van der Waals surface area contributed by atoms with Crippen LogP contribution in [0.1, 0.15) is 5.56 Å². The fourth-order valence-corrected chi connectivity index (χ4v) is 3.06. The summed E-state index contributed by atoms with van der Waals surface area (Å²) in [7, 11) is 5.70. The van der Waals surface area contributed by atoms with Gasteiger partial charge in [0.15, 0.2) is 0 Å². The highest BCUT2D eigenvalue weighted by Crippen LogP contribution is 2.24. The monoisotopic (exact) mass is 218 g/mol. The molecular weight excluding hydrogens is 215 g/mol. The molecule has 0 heterocycles. The third-order valence-corrected chi connectivity index (χ3v) is 3.37. The number of benzene rings is 1. The largest absolute Gasteiger partial charge is 0.505 e. The van der Waals surface area contributed by atoms with Crippen LogP contribution in [0.3, 0.4) is 0 Å². The average molecular weight is 220 g/mol. The lowest BCUT2D eigenvalue weighted by Crippen LogP contribution is -1.91. The Kier molecular flexibility index (Phi) is 4.32. The molecule has 0 aliphatic heterocycles. The highest BCUT2D eigenvalue weighted by atomic mass is 35.5. The maximum atomic E-state index is 5.89. The van der Waals surface area contributed by atoms with Gasteiger partial charge in [-0.15, -0.1) is 0 Å². The molecule has 0 unspecified atom stereocenters. The van der Waals surface area contributed by atoms with E-state index in [1.54, 1.807) is 0 Å². The van der Waals surface area contributed by atoms with Gasteiger partial charge in [-0.1, -0.05) is 33.8 Å². The Labute approximate surface area is 89.3 Å². The number of halogens is 3. The number of hydrogen-bond donors (Lipinski definition) is 0.